The lowest BCUT2D eigenvalue weighted by molar-refractivity contribution is -0.136. The van der Waals surface area contributed by atoms with Crippen molar-refractivity contribution in [2.45, 2.75) is 12.8 Å². The Hall–Kier alpha value is -1.43. The van der Waals surface area contributed by atoms with Crippen molar-refractivity contribution in [1.82, 2.24) is 4.98 Å². The van der Waals surface area contributed by atoms with Crippen LogP contribution in [0.4, 0.5) is 14.6 Å². The molecule has 82 valence electrons. The molecule has 7 heteroatoms. The maximum absolute atomic E-state index is 12.5. The summed E-state index contributed by atoms with van der Waals surface area (Å²) in [7, 11) is 0. The van der Waals surface area contributed by atoms with Gasteiger partial charge < -0.3 is 10.8 Å². The molecule has 1 rings (SSSR count). The highest BCUT2D eigenvalue weighted by molar-refractivity contribution is 6.32. The molecule has 0 saturated heterocycles. The van der Waals surface area contributed by atoms with E-state index in [0.29, 0.717) is 0 Å². The molecule has 0 atom stereocenters. The number of carbonyl (C=O) groups is 1. The van der Waals surface area contributed by atoms with Crippen LogP contribution in [0.25, 0.3) is 0 Å². The first kappa shape index (κ1) is 11.6. The van der Waals surface area contributed by atoms with Gasteiger partial charge in [-0.1, -0.05) is 11.6 Å². The number of aromatic nitrogens is 1. The van der Waals surface area contributed by atoms with E-state index in [-0.39, 0.29) is 16.4 Å². The molecule has 0 aliphatic carbocycles. The van der Waals surface area contributed by atoms with E-state index >= 15 is 0 Å². The van der Waals surface area contributed by atoms with E-state index in [2.05, 4.69) is 4.98 Å². The van der Waals surface area contributed by atoms with Crippen LogP contribution < -0.4 is 5.73 Å². The van der Waals surface area contributed by atoms with Gasteiger partial charge in [-0.05, 0) is 0 Å². The molecular weight excluding hydrogens is 230 g/mol. The van der Waals surface area contributed by atoms with E-state index in [0.717, 1.165) is 6.20 Å². The van der Waals surface area contributed by atoms with Crippen LogP contribution in [0.3, 0.4) is 0 Å². The second-order valence-corrected chi connectivity index (χ2v) is 3.15. The molecule has 1 aromatic rings. The molecule has 0 aromatic carbocycles. The third-order valence-corrected chi connectivity index (χ3v) is 2.16. The van der Waals surface area contributed by atoms with Crippen LogP contribution >= 0.6 is 11.6 Å². The third-order valence-electron chi connectivity index (χ3n) is 1.71. The molecule has 0 unspecified atom stereocenters. The Morgan fingerprint density at radius 2 is 2.27 bits per heavy atom. The standard InChI is InChI=1S/C8H7ClF2N2O2/c9-6-3(1-4(14)15)2-13-8(12)5(6)7(10)11/h2,7H,1H2,(H2,12,13)(H,14,15). The zero-order valence-corrected chi connectivity index (χ0v) is 8.13. The van der Waals surface area contributed by atoms with Gasteiger partial charge in [0.15, 0.2) is 0 Å². The zero-order chi connectivity index (χ0) is 11.6. The van der Waals surface area contributed by atoms with Gasteiger partial charge in [0.25, 0.3) is 6.43 Å². The summed E-state index contributed by atoms with van der Waals surface area (Å²) in [5, 5.41) is 8.15. The van der Waals surface area contributed by atoms with Gasteiger partial charge in [0.2, 0.25) is 0 Å². The van der Waals surface area contributed by atoms with E-state index in [1.807, 2.05) is 0 Å². The first-order chi connectivity index (χ1) is 6.93. The molecule has 0 fully saturated rings. The van der Waals surface area contributed by atoms with Gasteiger partial charge in [-0.15, -0.1) is 0 Å². The summed E-state index contributed by atoms with van der Waals surface area (Å²) in [5.74, 6) is -1.56. The average Bonchev–Trinajstić information content (AvgIpc) is 2.09. The summed E-state index contributed by atoms with van der Waals surface area (Å²) in [6.45, 7) is 0. The van der Waals surface area contributed by atoms with Gasteiger partial charge in [0.05, 0.1) is 17.0 Å². The molecule has 15 heavy (non-hydrogen) atoms. The molecule has 1 heterocycles. The van der Waals surface area contributed by atoms with Crippen LogP contribution in [0.1, 0.15) is 17.6 Å². The summed E-state index contributed by atoms with van der Waals surface area (Å²) in [5.41, 5.74) is 4.61. The Morgan fingerprint density at radius 3 is 2.73 bits per heavy atom. The number of halogens is 3. The van der Waals surface area contributed by atoms with Crippen molar-refractivity contribution < 1.29 is 18.7 Å². The van der Waals surface area contributed by atoms with Crippen molar-refractivity contribution in [3.63, 3.8) is 0 Å². The highest BCUT2D eigenvalue weighted by atomic mass is 35.5. The van der Waals surface area contributed by atoms with Crippen molar-refractivity contribution in [1.29, 1.82) is 0 Å². The minimum atomic E-state index is -2.88. The number of aliphatic carboxylic acids is 1. The maximum atomic E-state index is 12.5. The number of alkyl halides is 2. The van der Waals surface area contributed by atoms with Crippen LogP contribution in [0.2, 0.25) is 5.02 Å². The normalized spacial score (nSPS) is 10.7. The fourth-order valence-corrected chi connectivity index (χ4v) is 1.35. The monoisotopic (exact) mass is 236 g/mol. The molecule has 0 radical (unpaired) electrons. The highest BCUT2D eigenvalue weighted by Gasteiger charge is 2.20. The Balaban J connectivity index is 3.22. The van der Waals surface area contributed by atoms with Gasteiger partial charge in [-0.25, -0.2) is 13.8 Å². The van der Waals surface area contributed by atoms with E-state index in [1.165, 1.54) is 0 Å². The van der Waals surface area contributed by atoms with Gasteiger partial charge in [-0.3, -0.25) is 4.79 Å². The number of hydrogen-bond donors (Lipinski definition) is 2. The fraction of sp³-hybridized carbons (Fsp3) is 0.250. The Morgan fingerprint density at radius 1 is 1.67 bits per heavy atom. The quantitative estimate of drug-likeness (QED) is 0.840. The first-order valence-corrected chi connectivity index (χ1v) is 4.24. The number of nitrogen functional groups attached to an aromatic ring is 1. The number of nitrogens with two attached hydrogens (primary N) is 1. The predicted octanol–water partition coefficient (Wildman–Crippen LogP) is 1.88. The maximum Gasteiger partial charge on any atom is 0.307 e. The topological polar surface area (TPSA) is 76.2 Å². The number of rotatable bonds is 3. The molecule has 0 bridgehead atoms. The van der Waals surface area contributed by atoms with Gasteiger partial charge in [0.1, 0.15) is 5.82 Å². The minimum absolute atomic E-state index is 0.0219. The SMILES string of the molecule is Nc1ncc(CC(=O)O)c(Cl)c1C(F)F. The Kier molecular flexibility index (Phi) is 3.41. The predicted molar refractivity (Wildman–Crippen MR) is 50.0 cm³/mol. The summed E-state index contributed by atoms with van der Waals surface area (Å²) in [6.07, 6.45) is -2.26. The fourth-order valence-electron chi connectivity index (χ4n) is 1.05. The van der Waals surface area contributed by atoms with E-state index in [4.69, 9.17) is 22.4 Å². The summed E-state index contributed by atoms with van der Waals surface area (Å²) in [6, 6.07) is 0. The van der Waals surface area contributed by atoms with Crippen molar-refractivity contribution >= 4 is 23.4 Å². The molecule has 3 N–H and O–H groups in total. The smallest absolute Gasteiger partial charge is 0.307 e. The van der Waals surface area contributed by atoms with Crippen LogP contribution in [0.15, 0.2) is 6.20 Å². The van der Waals surface area contributed by atoms with Crippen LogP contribution in [-0.4, -0.2) is 16.1 Å². The number of nitrogens with zero attached hydrogens (tertiary/aromatic N) is 1. The number of hydrogen-bond acceptors (Lipinski definition) is 3. The van der Waals surface area contributed by atoms with Crippen LogP contribution in [0, 0.1) is 0 Å². The summed E-state index contributed by atoms with van der Waals surface area (Å²) < 4.78 is 24.9. The number of carboxylic acid groups (broad SMARTS) is 1. The second kappa shape index (κ2) is 4.39. The van der Waals surface area contributed by atoms with Crippen molar-refractivity contribution in [2.75, 3.05) is 5.73 Å². The molecule has 0 amide bonds. The second-order valence-electron chi connectivity index (χ2n) is 2.77. The van der Waals surface area contributed by atoms with E-state index < -0.39 is 24.4 Å². The van der Waals surface area contributed by atoms with Gasteiger partial charge in [0, 0.05) is 11.8 Å². The van der Waals surface area contributed by atoms with Crippen molar-refractivity contribution in [2.24, 2.45) is 0 Å². The summed E-state index contributed by atoms with van der Waals surface area (Å²) in [4.78, 5) is 13.8. The number of anilines is 1. The van der Waals surface area contributed by atoms with E-state index in [9.17, 15) is 13.6 Å². The highest BCUT2D eigenvalue weighted by Crippen LogP contribution is 2.33. The molecule has 1 aromatic heterocycles. The van der Waals surface area contributed by atoms with Crippen LogP contribution in [-0.2, 0) is 11.2 Å². The number of carboxylic acids is 1. The van der Waals surface area contributed by atoms with Crippen LogP contribution in [0.5, 0.6) is 0 Å². The first-order valence-electron chi connectivity index (χ1n) is 3.86. The zero-order valence-electron chi connectivity index (χ0n) is 7.38. The molecule has 4 nitrogen and oxygen atoms in total. The molecular formula is C8H7ClF2N2O2. The molecule has 0 saturated carbocycles. The molecule has 0 spiro atoms. The van der Waals surface area contributed by atoms with E-state index in [1.54, 1.807) is 0 Å². The largest absolute Gasteiger partial charge is 0.481 e. The van der Waals surface area contributed by atoms with Crippen molar-refractivity contribution in [3.8, 4) is 0 Å². The van der Waals surface area contributed by atoms with Crippen molar-refractivity contribution in [3.05, 3.63) is 22.3 Å². The summed E-state index contributed by atoms with van der Waals surface area (Å²) >= 11 is 5.59. The lowest BCUT2D eigenvalue weighted by Gasteiger charge is -2.09. The number of pyridine rings is 1. The van der Waals surface area contributed by atoms with Gasteiger partial charge in [-0.2, -0.15) is 0 Å². The Labute approximate surface area is 88.7 Å². The molecule has 0 aliphatic rings. The Bertz CT molecular complexity index is 398. The lowest BCUT2D eigenvalue weighted by Crippen LogP contribution is -2.06. The minimum Gasteiger partial charge on any atom is -0.481 e. The molecule has 0 aliphatic heterocycles. The lowest BCUT2D eigenvalue weighted by atomic mass is 10.1. The third kappa shape index (κ3) is 2.53. The average molecular weight is 237 g/mol. The van der Waals surface area contributed by atoms with Gasteiger partial charge >= 0.3 is 5.97 Å².